The average molecular weight is 360 g/mol. The third-order valence-electron chi connectivity index (χ3n) is 3.06. The van der Waals surface area contributed by atoms with Gasteiger partial charge < -0.3 is 19.7 Å². The monoisotopic (exact) mass is 360 g/mol. The van der Waals surface area contributed by atoms with Crippen LogP contribution in [0.3, 0.4) is 0 Å². The van der Waals surface area contributed by atoms with Crippen molar-refractivity contribution in [3.63, 3.8) is 0 Å². The molecule has 0 aliphatic rings. The highest BCUT2D eigenvalue weighted by Crippen LogP contribution is 2.07. The first-order valence-electron chi connectivity index (χ1n) is 7.13. The number of aromatic carboxylic acids is 2. The maximum absolute atomic E-state index is 11.0. The Morgan fingerprint density at radius 3 is 1.23 bits per heavy atom. The van der Waals surface area contributed by atoms with Crippen LogP contribution in [0.5, 0.6) is 0 Å². The first kappa shape index (κ1) is 20.4. The third-order valence-corrected chi connectivity index (χ3v) is 3.06. The fraction of sp³-hybridized carbons (Fsp3) is 0.111. The minimum atomic E-state index is -1.06. The third kappa shape index (κ3) is 5.75. The average Bonchev–Trinajstić information content (AvgIpc) is 2.67. The van der Waals surface area contributed by atoms with Crippen molar-refractivity contribution in [3.05, 3.63) is 70.8 Å². The largest absolute Gasteiger partial charge is 0.478 e. The summed E-state index contributed by atoms with van der Waals surface area (Å²) in [4.78, 5) is 43.0. The SMILES string of the molecule is COC(=O)c1cccc(C(=O)O)c1.COC(=O)c1cccc(C(=O)O)c1. The zero-order valence-corrected chi connectivity index (χ0v) is 14.0. The van der Waals surface area contributed by atoms with Crippen molar-refractivity contribution in [3.8, 4) is 0 Å². The number of carboxylic acid groups (broad SMARTS) is 2. The summed E-state index contributed by atoms with van der Waals surface area (Å²) in [6, 6.07) is 11.4. The number of hydrogen-bond donors (Lipinski definition) is 2. The maximum Gasteiger partial charge on any atom is 0.337 e. The van der Waals surface area contributed by atoms with Gasteiger partial charge in [-0.25, -0.2) is 19.2 Å². The van der Waals surface area contributed by atoms with E-state index in [1.54, 1.807) is 0 Å². The topological polar surface area (TPSA) is 127 Å². The summed E-state index contributed by atoms with van der Waals surface area (Å²) >= 11 is 0. The van der Waals surface area contributed by atoms with E-state index in [2.05, 4.69) is 9.47 Å². The van der Waals surface area contributed by atoms with Gasteiger partial charge in [0.1, 0.15) is 0 Å². The second kappa shape index (κ2) is 9.58. The molecule has 0 bridgehead atoms. The van der Waals surface area contributed by atoms with Crippen LogP contribution >= 0.6 is 0 Å². The lowest BCUT2D eigenvalue weighted by atomic mass is 10.1. The molecule has 136 valence electrons. The summed E-state index contributed by atoms with van der Waals surface area (Å²) in [7, 11) is 2.49. The van der Waals surface area contributed by atoms with Gasteiger partial charge in [0, 0.05) is 0 Å². The Hall–Kier alpha value is -3.68. The van der Waals surface area contributed by atoms with E-state index in [4.69, 9.17) is 10.2 Å². The van der Waals surface area contributed by atoms with Crippen molar-refractivity contribution in [2.45, 2.75) is 0 Å². The number of benzene rings is 2. The highest BCUT2D eigenvalue weighted by Gasteiger charge is 2.09. The van der Waals surface area contributed by atoms with Gasteiger partial charge in [-0.15, -0.1) is 0 Å². The second-order valence-electron chi connectivity index (χ2n) is 4.76. The van der Waals surface area contributed by atoms with Crippen LogP contribution in [-0.4, -0.2) is 48.3 Å². The smallest absolute Gasteiger partial charge is 0.337 e. The molecule has 0 saturated heterocycles. The van der Waals surface area contributed by atoms with Gasteiger partial charge in [-0.3, -0.25) is 0 Å². The van der Waals surface area contributed by atoms with Crippen molar-refractivity contribution in [1.29, 1.82) is 0 Å². The highest BCUT2D eigenvalue weighted by molar-refractivity contribution is 5.95. The first-order chi connectivity index (χ1) is 12.3. The summed E-state index contributed by atoms with van der Waals surface area (Å²) in [5.41, 5.74) is 0.621. The predicted octanol–water partition coefficient (Wildman–Crippen LogP) is 2.34. The molecule has 0 spiro atoms. The molecule has 2 aromatic rings. The van der Waals surface area contributed by atoms with Crippen molar-refractivity contribution in [1.82, 2.24) is 0 Å². The van der Waals surface area contributed by atoms with Gasteiger partial charge in [0.2, 0.25) is 0 Å². The number of methoxy groups -OCH3 is 2. The van der Waals surface area contributed by atoms with E-state index in [1.807, 2.05) is 0 Å². The quantitative estimate of drug-likeness (QED) is 0.795. The van der Waals surface area contributed by atoms with Crippen molar-refractivity contribution >= 4 is 23.9 Å². The van der Waals surface area contributed by atoms with E-state index in [0.717, 1.165) is 0 Å². The lowest BCUT2D eigenvalue weighted by Gasteiger charge is -1.99. The lowest BCUT2D eigenvalue weighted by molar-refractivity contribution is 0.0591. The molecule has 0 saturated carbocycles. The summed E-state index contributed by atoms with van der Waals surface area (Å²) in [5.74, 6) is -3.21. The Bertz CT molecular complexity index is 756. The molecule has 8 heteroatoms. The van der Waals surface area contributed by atoms with E-state index in [1.165, 1.54) is 62.8 Å². The highest BCUT2D eigenvalue weighted by atomic mass is 16.5. The van der Waals surface area contributed by atoms with E-state index in [9.17, 15) is 19.2 Å². The van der Waals surface area contributed by atoms with Crippen LogP contribution in [0, 0.1) is 0 Å². The molecular weight excluding hydrogens is 344 g/mol. The van der Waals surface area contributed by atoms with Gasteiger partial charge in [0.05, 0.1) is 36.5 Å². The molecule has 0 aliphatic heterocycles. The van der Waals surface area contributed by atoms with Gasteiger partial charge in [0.15, 0.2) is 0 Å². The molecular formula is C18H16O8. The summed E-state index contributed by atoms with van der Waals surface area (Å²) < 4.78 is 8.88. The van der Waals surface area contributed by atoms with Crippen molar-refractivity contribution < 1.29 is 38.9 Å². The molecule has 0 aliphatic carbocycles. The Morgan fingerprint density at radius 1 is 0.654 bits per heavy atom. The van der Waals surface area contributed by atoms with Gasteiger partial charge >= 0.3 is 23.9 Å². The van der Waals surface area contributed by atoms with E-state index >= 15 is 0 Å². The minimum absolute atomic E-state index is 0.0721. The molecule has 0 heterocycles. The van der Waals surface area contributed by atoms with Gasteiger partial charge in [-0.2, -0.15) is 0 Å². The lowest BCUT2D eigenvalue weighted by Crippen LogP contribution is -2.03. The van der Waals surface area contributed by atoms with Crippen LogP contribution in [0.4, 0.5) is 0 Å². The van der Waals surface area contributed by atoms with Crippen LogP contribution in [0.1, 0.15) is 41.4 Å². The molecule has 0 amide bonds. The van der Waals surface area contributed by atoms with Crippen LogP contribution in [-0.2, 0) is 9.47 Å². The van der Waals surface area contributed by atoms with Crippen LogP contribution in [0.2, 0.25) is 0 Å². The molecule has 0 aromatic heterocycles. The molecule has 0 radical (unpaired) electrons. The molecule has 2 N–H and O–H groups in total. The fourth-order valence-corrected chi connectivity index (χ4v) is 1.79. The van der Waals surface area contributed by atoms with E-state index in [-0.39, 0.29) is 22.3 Å². The normalized spacial score (nSPS) is 9.31. The van der Waals surface area contributed by atoms with Gasteiger partial charge in [-0.1, -0.05) is 12.1 Å². The van der Waals surface area contributed by atoms with Crippen LogP contribution in [0.25, 0.3) is 0 Å². The van der Waals surface area contributed by atoms with E-state index < -0.39 is 23.9 Å². The molecule has 26 heavy (non-hydrogen) atoms. The molecule has 2 aromatic carbocycles. The molecule has 0 atom stereocenters. The number of hydrogen-bond acceptors (Lipinski definition) is 6. The minimum Gasteiger partial charge on any atom is -0.478 e. The zero-order chi connectivity index (χ0) is 19.7. The summed E-state index contributed by atoms with van der Waals surface area (Å²) in [6.07, 6.45) is 0. The Kier molecular flexibility index (Phi) is 7.50. The van der Waals surface area contributed by atoms with Gasteiger partial charge in [0.25, 0.3) is 0 Å². The maximum atomic E-state index is 11.0. The van der Waals surface area contributed by atoms with Crippen LogP contribution in [0.15, 0.2) is 48.5 Å². The Balaban J connectivity index is 0.000000260. The zero-order valence-electron chi connectivity index (χ0n) is 14.0. The number of rotatable bonds is 4. The van der Waals surface area contributed by atoms with Crippen molar-refractivity contribution in [2.75, 3.05) is 14.2 Å². The molecule has 0 fully saturated rings. The standard InChI is InChI=1S/2C9H8O4/c2*1-13-9(12)7-4-2-3-6(5-7)8(10)11/h2*2-5H,1H3,(H,10,11). The summed E-state index contributed by atoms with van der Waals surface area (Å²) in [5, 5.41) is 17.2. The second-order valence-corrected chi connectivity index (χ2v) is 4.76. The van der Waals surface area contributed by atoms with Crippen molar-refractivity contribution in [2.24, 2.45) is 0 Å². The number of esters is 2. The molecule has 8 nitrogen and oxygen atoms in total. The Morgan fingerprint density at radius 2 is 0.962 bits per heavy atom. The Labute approximate surface area is 148 Å². The molecule has 2 rings (SSSR count). The number of carboxylic acids is 2. The predicted molar refractivity (Wildman–Crippen MR) is 89.5 cm³/mol. The van der Waals surface area contributed by atoms with E-state index in [0.29, 0.717) is 0 Å². The summed E-state index contributed by atoms with van der Waals surface area (Å²) in [6.45, 7) is 0. The van der Waals surface area contributed by atoms with Crippen LogP contribution < -0.4 is 0 Å². The van der Waals surface area contributed by atoms with Gasteiger partial charge in [-0.05, 0) is 36.4 Å². The number of carbonyl (C=O) groups is 4. The number of carbonyl (C=O) groups excluding carboxylic acids is 2. The fourth-order valence-electron chi connectivity index (χ4n) is 1.79. The number of ether oxygens (including phenoxy) is 2. The molecule has 0 unspecified atom stereocenters. The first-order valence-corrected chi connectivity index (χ1v) is 7.13.